The van der Waals surface area contributed by atoms with Gasteiger partial charge in [-0.05, 0) is 55.9 Å². The zero-order chi connectivity index (χ0) is 17.4. The van der Waals surface area contributed by atoms with Crippen molar-refractivity contribution in [1.29, 1.82) is 0 Å². The van der Waals surface area contributed by atoms with Crippen molar-refractivity contribution in [2.75, 3.05) is 13.1 Å². The molecular formula is C22H24N2O. The Kier molecular flexibility index (Phi) is 4.08. The average molecular weight is 332 g/mol. The van der Waals surface area contributed by atoms with Crippen molar-refractivity contribution < 1.29 is 4.79 Å². The molecule has 0 bridgehead atoms. The third-order valence-electron chi connectivity index (χ3n) is 5.37. The van der Waals surface area contributed by atoms with Crippen molar-refractivity contribution in [2.24, 2.45) is 5.92 Å². The van der Waals surface area contributed by atoms with Gasteiger partial charge in [-0.2, -0.15) is 0 Å². The van der Waals surface area contributed by atoms with Crippen LogP contribution in [-0.4, -0.2) is 28.9 Å². The highest BCUT2D eigenvalue weighted by Gasteiger charge is 2.29. The summed E-state index contributed by atoms with van der Waals surface area (Å²) in [4.78, 5) is 18.4. The molecule has 3 nitrogen and oxygen atoms in total. The van der Waals surface area contributed by atoms with Crippen LogP contribution in [0.2, 0.25) is 0 Å². The number of benzene rings is 2. The highest BCUT2D eigenvalue weighted by Crippen LogP contribution is 2.27. The molecule has 0 spiro atoms. The smallest absolute Gasteiger partial charge is 0.270 e. The van der Waals surface area contributed by atoms with Crippen LogP contribution >= 0.6 is 0 Å². The standard InChI is InChI=1S/C22H24N2O/c1-15-8-9-20-19(12-15)16(2)21(23-20)22(25)24-11-10-18(14-24)13-17-6-4-3-5-7-17/h3-9,12,18,23H,10-11,13-14H2,1-2H3/t18-/m1/s1. The zero-order valence-corrected chi connectivity index (χ0v) is 14.9. The van der Waals surface area contributed by atoms with E-state index in [0.29, 0.717) is 5.92 Å². The number of fused-ring (bicyclic) bond motifs is 1. The van der Waals surface area contributed by atoms with Gasteiger partial charge in [0.25, 0.3) is 5.91 Å². The van der Waals surface area contributed by atoms with Gasteiger partial charge < -0.3 is 9.88 Å². The number of nitrogens with one attached hydrogen (secondary N) is 1. The fraction of sp³-hybridized carbons (Fsp3) is 0.318. The van der Waals surface area contributed by atoms with Crippen LogP contribution < -0.4 is 0 Å². The Labute approximate surface area is 148 Å². The lowest BCUT2D eigenvalue weighted by Gasteiger charge is -2.16. The predicted octanol–water partition coefficient (Wildman–Crippen LogP) is 4.49. The Morgan fingerprint density at radius 3 is 2.76 bits per heavy atom. The van der Waals surface area contributed by atoms with Gasteiger partial charge in [-0.25, -0.2) is 0 Å². The van der Waals surface area contributed by atoms with Crippen molar-refractivity contribution in [1.82, 2.24) is 9.88 Å². The Hall–Kier alpha value is -2.55. The van der Waals surface area contributed by atoms with Gasteiger partial charge in [-0.15, -0.1) is 0 Å². The molecule has 3 aromatic rings. The summed E-state index contributed by atoms with van der Waals surface area (Å²) >= 11 is 0. The molecule has 1 amide bonds. The third kappa shape index (κ3) is 3.07. The molecule has 3 heteroatoms. The molecule has 0 unspecified atom stereocenters. The molecule has 1 saturated heterocycles. The van der Waals surface area contributed by atoms with E-state index >= 15 is 0 Å². The quantitative estimate of drug-likeness (QED) is 0.754. The highest BCUT2D eigenvalue weighted by atomic mass is 16.2. The summed E-state index contributed by atoms with van der Waals surface area (Å²) in [5, 5.41) is 1.16. The van der Waals surface area contributed by atoms with Crippen molar-refractivity contribution in [2.45, 2.75) is 26.7 Å². The Morgan fingerprint density at radius 2 is 1.96 bits per heavy atom. The van der Waals surface area contributed by atoms with Gasteiger partial charge in [0.1, 0.15) is 5.69 Å². The molecule has 1 aliphatic heterocycles. The molecule has 1 aliphatic rings. The highest BCUT2D eigenvalue weighted by molar-refractivity contribution is 6.01. The van der Waals surface area contributed by atoms with Gasteiger partial charge >= 0.3 is 0 Å². The number of carbonyl (C=O) groups excluding carboxylic acids is 1. The first-order valence-electron chi connectivity index (χ1n) is 9.04. The van der Waals surface area contributed by atoms with Crippen LogP contribution in [0, 0.1) is 19.8 Å². The van der Waals surface area contributed by atoms with E-state index < -0.39 is 0 Å². The number of carbonyl (C=O) groups is 1. The van der Waals surface area contributed by atoms with Crippen LogP contribution in [0.1, 0.15) is 33.6 Å². The molecule has 25 heavy (non-hydrogen) atoms. The van der Waals surface area contributed by atoms with Crippen LogP contribution in [0.25, 0.3) is 10.9 Å². The summed E-state index contributed by atoms with van der Waals surface area (Å²) in [5.74, 6) is 0.695. The second-order valence-corrected chi connectivity index (χ2v) is 7.27. The van der Waals surface area contributed by atoms with E-state index in [0.717, 1.165) is 48.1 Å². The largest absolute Gasteiger partial charge is 0.350 e. The minimum atomic E-state index is 0.141. The zero-order valence-electron chi connectivity index (χ0n) is 14.9. The first kappa shape index (κ1) is 15.9. The van der Waals surface area contributed by atoms with E-state index in [1.807, 2.05) is 17.9 Å². The predicted molar refractivity (Wildman–Crippen MR) is 102 cm³/mol. The fourth-order valence-corrected chi connectivity index (χ4v) is 3.94. The number of aromatic nitrogens is 1. The van der Waals surface area contributed by atoms with Gasteiger partial charge in [0.15, 0.2) is 0 Å². The van der Waals surface area contributed by atoms with Crippen LogP contribution in [0.3, 0.4) is 0 Å². The summed E-state index contributed by atoms with van der Waals surface area (Å²) in [7, 11) is 0. The van der Waals surface area contributed by atoms with Gasteiger partial charge in [-0.1, -0.05) is 42.0 Å². The average Bonchev–Trinajstić information content (AvgIpc) is 3.21. The number of aryl methyl sites for hydroxylation is 2. The van der Waals surface area contributed by atoms with Crippen molar-refractivity contribution in [3.05, 3.63) is 70.9 Å². The second kappa shape index (κ2) is 6.40. The molecule has 4 rings (SSSR count). The Morgan fingerprint density at radius 1 is 1.16 bits per heavy atom. The lowest BCUT2D eigenvalue weighted by Crippen LogP contribution is -2.29. The van der Waals surface area contributed by atoms with Gasteiger partial charge in [-0.3, -0.25) is 4.79 Å². The number of H-pyrrole nitrogens is 1. The maximum absolute atomic E-state index is 13.0. The molecule has 0 aliphatic carbocycles. The molecule has 128 valence electrons. The number of rotatable bonds is 3. The van der Waals surface area contributed by atoms with Gasteiger partial charge in [0.05, 0.1) is 0 Å². The first-order valence-corrected chi connectivity index (χ1v) is 9.04. The lowest BCUT2D eigenvalue weighted by atomic mass is 9.99. The van der Waals surface area contributed by atoms with Gasteiger partial charge in [0, 0.05) is 24.0 Å². The SMILES string of the molecule is Cc1ccc2[nH]c(C(=O)N3CC[C@H](Cc4ccccc4)C3)c(C)c2c1. The summed E-state index contributed by atoms with van der Waals surface area (Å²) in [6, 6.07) is 16.9. The summed E-state index contributed by atoms with van der Waals surface area (Å²) in [6.07, 6.45) is 2.13. The Balaban J connectivity index is 1.51. The number of hydrogen-bond donors (Lipinski definition) is 1. The number of nitrogens with zero attached hydrogens (tertiary/aromatic N) is 1. The summed E-state index contributed by atoms with van der Waals surface area (Å²) in [6.45, 7) is 5.83. The molecule has 0 saturated carbocycles. The summed E-state index contributed by atoms with van der Waals surface area (Å²) in [5.41, 5.74) is 5.44. The van der Waals surface area contributed by atoms with E-state index in [1.165, 1.54) is 11.1 Å². The van der Waals surface area contributed by atoms with Crippen LogP contribution in [-0.2, 0) is 6.42 Å². The molecular weight excluding hydrogens is 308 g/mol. The summed E-state index contributed by atoms with van der Waals surface area (Å²) < 4.78 is 0. The van der Waals surface area contributed by atoms with Crippen LogP contribution in [0.5, 0.6) is 0 Å². The number of amides is 1. The maximum Gasteiger partial charge on any atom is 0.270 e. The van der Waals surface area contributed by atoms with Crippen molar-refractivity contribution >= 4 is 16.8 Å². The fourth-order valence-electron chi connectivity index (χ4n) is 3.94. The van der Waals surface area contributed by atoms with Crippen molar-refractivity contribution in [3.63, 3.8) is 0 Å². The normalized spacial score (nSPS) is 17.4. The van der Waals surface area contributed by atoms with E-state index in [1.54, 1.807) is 0 Å². The van der Waals surface area contributed by atoms with E-state index in [4.69, 9.17) is 0 Å². The van der Waals surface area contributed by atoms with Crippen molar-refractivity contribution in [3.8, 4) is 0 Å². The van der Waals surface area contributed by atoms with Gasteiger partial charge in [0.2, 0.25) is 0 Å². The van der Waals surface area contributed by atoms with Crippen LogP contribution in [0.4, 0.5) is 0 Å². The topological polar surface area (TPSA) is 36.1 Å². The maximum atomic E-state index is 13.0. The Bertz CT molecular complexity index is 910. The number of aromatic amines is 1. The minimum absolute atomic E-state index is 0.141. The van der Waals surface area contributed by atoms with Crippen LogP contribution in [0.15, 0.2) is 48.5 Å². The molecule has 2 heterocycles. The monoisotopic (exact) mass is 332 g/mol. The minimum Gasteiger partial charge on any atom is -0.350 e. The molecule has 1 aromatic heterocycles. The molecule has 0 radical (unpaired) electrons. The number of hydrogen-bond acceptors (Lipinski definition) is 1. The molecule has 1 atom stereocenters. The first-order chi connectivity index (χ1) is 12.1. The number of likely N-dealkylation sites (tertiary alicyclic amines) is 1. The molecule has 1 fully saturated rings. The second-order valence-electron chi connectivity index (χ2n) is 7.27. The molecule has 2 aromatic carbocycles. The third-order valence-corrected chi connectivity index (χ3v) is 5.37. The lowest BCUT2D eigenvalue weighted by molar-refractivity contribution is 0.0781. The van der Waals surface area contributed by atoms with E-state index in [2.05, 4.69) is 54.4 Å². The molecule has 1 N–H and O–H groups in total. The van der Waals surface area contributed by atoms with E-state index in [-0.39, 0.29) is 5.91 Å². The van der Waals surface area contributed by atoms with E-state index in [9.17, 15) is 4.79 Å².